The summed E-state index contributed by atoms with van der Waals surface area (Å²) in [5, 5.41) is 9.78. The third kappa shape index (κ3) is 3.39. The van der Waals surface area contributed by atoms with E-state index in [1.165, 1.54) is 49.4 Å². The highest BCUT2D eigenvalue weighted by atomic mass is 32.2. The molecule has 0 saturated heterocycles. The van der Waals surface area contributed by atoms with Crippen molar-refractivity contribution in [3.05, 3.63) is 35.7 Å². The number of anilines is 1. The van der Waals surface area contributed by atoms with Crippen LogP contribution in [0.25, 0.3) is 0 Å². The zero-order valence-corrected chi connectivity index (χ0v) is 16.2. The summed E-state index contributed by atoms with van der Waals surface area (Å²) in [6.45, 7) is 3.78. The van der Waals surface area contributed by atoms with Gasteiger partial charge < -0.3 is 9.47 Å². The Hall–Kier alpha value is -1.82. The highest BCUT2D eigenvalue weighted by Crippen LogP contribution is 2.33. The molecule has 1 aliphatic heterocycles. The molecule has 6 heteroatoms. The summed E-state index contributed by atoms with van der Waals surface area (Å²) < 4.78 is 2.21. The maximum Gasteiger partial charge on any atom is 0.237 e. The minimum atomic E-state index is 0.157. The lowest BCUT2D eigenvalue weighted by Crippen LogP contribution is -2.30. The number of fused-ring (bicyclic) bond motifs is 1. The second kappa shape index (κ2) is 7.82. The lowest BCUT2D eigenvalue weighted by Gasteiger charge is -2.21. The number of carbonyl (C=O) groups is 1. The second-order valence-corrected chi connectivity index (χ2v) is 8.08. The number of nitrogens with zero attached hydrogens (tertiary/aromatic N) is 4. The molecule has 0 N–H and O–H groups in total. The van der Waals surface area contributed by atoms with Crippen LogP contribution in [-0.2, 0) is 17.8 Å². The largest absolute Gasteiger partial charge is 0.311 e. The van der Waals surface area contributed by atoms with E-state index < -0.39 is 0 Å². The Bertz CT molecular complexity index is 782. The lowest BCUT2D eigenvalue weighted by atomic mass is 9.89. The van der Waals surface area contributed by atoms with Crippen molar-refractivity contribution in [3.8, 4) is 0 Å². The third-order valence-electron chi connectivity index (χ3n) is 5.54. The fraction of sp³-hybridized carbons (Fsp3) is 0.550. The predicted octanol–water partition coefficient (Wildman–Crippen LogP) is 4.03. The van der Waals surface area contributed by atoms with E-state index in [1.54, 1.807) is 0 Å². The van der Waals surface area contributed by atoms with Crippen molar-refractivity contribution in [1.29, 1.82) is 0 Å². The van der Waals surface area contributed by atoms with Crippen molar-refractivity contribution in [3.63, 3.8) is 0 Å². The zero-order valence-electron chi connectivity index (χ0n) is 15.4. The molecule has 4 rings (SSSR count). The van der Waals surface area contributed by atoms with Crippen molar-refractivity contribution >= 4 is 23.4 Å². The molecule has 1 saturated carbocycles. The number of para-hydroxylation sites is 1. The van der Waals surface area contributed by atoms with E-state index in [0.717, 1.165) is 36.2 Å². The summed E-state index contributed by atoms with van der Waals surface area (Å²) in [4.78, 5) is 14.7. The highest BCUT2D eigenvalue weighted by Gasteiger charge is 2.26. The Kier molecular flexibility index (Phi) is 5.29. The molecule has 2 aromatic rings. The van der Waals surface area contributed by atoms with Gasteiger partial charge in [0.1, 0.15) is 5.82 Å². The van der Waals surface area contributed by atoms with E-state index in [4.69, 9.17) is 0 Å². The summed E-state index contributed by atoms with van der Waals surface area (Å²) in [6.07, 6.45) is 7.29. The first-order valence-corrected chi connectivity index (χ1v) is 10.7. The van der Waals surface area contributed by atoms with Gasteiger partial charge in [0.15, 0.2) is 5.16 Å². The summed E-state index contributed by atoms with van der Waals surface area (Å²) in [6, 6.07) is 8.19. The van der Waals surface area contributed by atoms with Gasteiger partial charge >= 0.3 is 0 Å². The van der Waals surface area contributed by atoms with E-state index in [0.29, 0.717) is 11.7 Å². The Balaban J connectivity index is 1.43. The topological polar surface area (TPSA) is 51.0 Å². The van der Waals surface area contributed by atoms with Crippen molar-refractivity contribution in [2.75, 3.05) is 17.2 Å². The van der Waals surface area contributed by atoms with Crippen LogP contribution in [0.4, 0.5) is 5.69 Å². The highest BCUT2D eigenvalue weighted by molar-refractivity contribution is 7.99. The van der Waals surface area contributed by atoms with E-state index in [2.05, 4.69) is 27.8 Å². The van der Waals surface area contributed by atoms with Crippen LogP contribution in [0.3, 0.4) is 0 Å². The van der Waals surface area contributed by atoms with Crippen LogP contribution in [0.1, 0.15) is 56.3 Å². The standard InChI is InChI=1S/C20H26N4OS/c1-2-23-19(16-9-4-3-5-10-16)21-22-20(23)26-14-18(25)24-13-12-15-8-6-7-11-17(15)24/h6-8,11,16H,2-5,9-10,12-14H2,1H3. The van der Waals surface area contributed by atoms with E-state index in [-0.39, 0.29) is 5.91 Å². The lowest BCUT2D eigenvalue weighted by molar-refractivity contribution is -0.116. The Morgan fingerprint density at radius 1 is 1.19 bits per heavy atom. The van der Waals surface area contributed by atoms with Gasteiger partial charge in [0.25, 0.3) is 0 Å². The first-order valence-electron chi connectivity index (χ1n) is 9.72. The minimum Gasteiger partial charge on any atom is -0.311 e. The summed E-state index contributed by atoms with van der Waals surface area (Å²) >= 11 is 1.52. The molecule has 2 heterocycles. The van der Waals surface area contributed by atoms with Crippen LogP contribution in [-0.4, -0.2) is 33.0 Å². The Morgan fingerprint density at radius 3 is 2.81 bits per heavy atom. The molecule has 1 aromatic heterocycles. The van der Waals surface area contributed by atoms with Gasteiger partial charge in [-0.05, 0) is 37.8 Å². The number of rotatable bonds is 5. The molecular weight excluding hydrogens is 344 g/mol. The van der Waals surface area contributed by atoms with Crippen molar-refractivity contribution in [1.82, 2.24) is 14.8 Å². The van der Waals surface area contributed by atoms with Crippen molar-refractivity contribution in [2.24, 2.45) is 0 Å². The number of amides is 1. The first-order chi connectivity index (χ1) is 12.8. The molecule has 0 radical (unpaired) electrons. The maximum absolute atomic E-state index is 12.7. The van der Waals surface area contributed by atoms with Gasteiger partial charge in [0.2, 0.25) is 5.91 Å². The van der Waals surface area contributed by atoms with Crippen LogP contribution in [0.15, 0.2) is 29.4 Å². The van der Waals surface area contributed by atoms with Gasteiger partial charge in [0, 0.05) is 24.7 Å². The average Bonchev–Trinajstić information content (AvgIpc) is 3.30. The number of carbonyl (C=O) groups excluding carboxylic acids is 1. The van der Waals surface area contributed by atoms with Crippen LogP contribution < -0.4 is 4.90 Å². The van der Waals surface area contributed by atoms with E-state index in [9.17, 15) is 4.79 Å². The van der Waals surface area contributed by atoms with Crippen LogP contribution >= 0.6 is 11.8 Å². The first kappa shape index (κ1) is 17.6. The van der Waals surface area contributed by atoms with E-state index in [1.807, 2.05) is 23.1 Å². The average molecular weight is 371 g/mol. The number of thioether (sulfide) groups is 1. The molecule has 1 amide bonds. The number of benzene rings is 1. The maximum atomic E-state index is 12.7. The quantitative estimate of drug-likeness (QED) is 0.746. The molecule has 1 aliphatic carbocycles. The molecule has 2 aliphatic rings. The van der Waals surface area contributed by atoms with Gasteiger partial charge in [-0.3, -0.25) is 4.79 Å². The van der Waals surface area contributed by atoms with Crippen molar-refractivity contribution < 1.29 is 4.79 Å². The SMILES string of the molecule is CCn1c(SCC(=O)N2CCc3ccccc32)nnc1C1CCCCC1. The zero-order chi connectivity index (χ0) is 17.9. The number of hydrogen-bond donors (Lipinski definition) is 0. The molecule has 1 fully saturated rings. The molecule has 5 nitrogen and oxygen atoms in total. The fourth-order valence-corrected chi connectivity index (χ4v) is 5.05. The van der Waals surface area contributed by atoms with E-state index >= 15 is 0 Å². The Labute approximate surface area is 159 Å². The normalized spacial score (nSPS) is 17.5. The van der Waals surface area contributed by atoms with Crippen molar-refractivity contribution in [2.45, 2.75) is 63.1 Å². The molecule has 0 atom stereocenters. The molecule has 0 spiro atoms. The second-order valence-electron chi connectivity index (χ2n) is 7.13. The monoisotopic (exact) mass is 370 g/mol. The molecule has 0 unspecified atom stereocenters. The third-order valence-corrected chi connectivity index (χ3v) is 6.50. The molecule has 138 valence electrons. The fourth-order valence-electron chi connectivity index (χ4n) is 4.17. The summed E-state index contributed by atoms with van der Waals surface area (Å²) in [5.41, 5.74) is 2.33. The van der Waals surface area contributed by atoms with Gasteiger partial charge in [-0.2, -0.15) is 0 Å². The molecule has 0 bridgehead atoms. The van der Waals surface area contributed by atoms with Crippen LogP contribution in [0.2, 0.25) is 0 Å². The number of hydrogen-bond acceptors (Lipinski definition) is 4. The Morgan fingerprint density at radius 2 is 2.00 bits per heavy atom. The summed E-state index contributed by atoms with van der Waals surface area (Å²) in [5.74, 6) is 2.22. The van der Waals surface area contributed by atoms with Gasteiger partial charge in [-0.15, -0.1) is 10.2 Å². The van der Waals surface area contributed by atoms with Gasteiger partial charge in [-0.25, -0.2) is 0 Å². The molecule has 26 heavy (non-hydrogen) atoms. The van der Waals surface area contributed by atoms with Crippen LogP contribution in [0, 0.1) is 0 Å². The minimum absolute atomic E-state index is 0.157. The predicted molar refractivity (Wildman–Crippen MR) is 105 cm³/mol. The number of aromatic nitrogens is 3. The van der Waals surface area contributed by atoms with Gasteiger partial charge in [-0.1, -0.05) is 49.2 Å². The molecular formula is C20H26N4OS. The van der Waals surface area contributed by atoms with Gasteiger partial charge in [0.05, 0.1) is 5.75 Å². The van der Waals surface area contributed by atoms with Crippen LogP contribution in [0.5, 0.6) is 0 Å². The molecule has 1 aromatic carbocycles. The summed E-state index contributed by atoms with van der Waals surface area (Å²) in [7, 11) is 0. The smallest absolute Gasteiger partial charge is 0.237 e.